The van der Waals surface area contributed by atoms with Crippen molar-refractivity contribution in [3.8, 4) is 6.07 Å². The molecule has 0 aliphatic rings. The van der Waals surface area contributed by atoms with Crippen LogP contribution >= 0.6 is 15.9 Å². The Balaban J connectivity index is 1.97. The smallest absolute Gasteiger partial charge is 0.335 e. The van der Waals surface area contributed by atoms with Crippen LogP contribution in [0.1, 0.15) is 27.0 Å². The Morgan fingerprint density at radius 1 is 1.24 bits per heavy atom. The largest absolute Gasteiger partial charge is 0.478 e. The van der Waals surface area contributed by atoms with E-state index in [4.69, 9.17) is 10.4 Å². The standard InChI is InChI=1S/C16H13BrN2O2/c17-15-7-13(16(20)21)4-5-14(15)10-19-9-12-3-1-2-11(6-12)8-18/h1-7,19H,9-10H2,(H,20,21). The maximum Gasteiger partial charge on any atom is 0.335 e. The lowest BCUT2D eigenvalue weighted by molar-refractivity contribution is 0.0697. The van der Waals surface area contributed by atoms with Gasteiger partial charge in [0.15, 0.2) is 0 Å². The highest BCUT2D eigenvalue weighted by molar-refractivity contribution is 9.10. The van der Waals surface area contributed by atoms with Crippen LogP contribution in [0.15, 0.2) is 46.9 Å². The van der Waals surface area contributed by atoms with E-state index in [1.807, 2.05) is 18.2 Å². The van der Waals surface area contributed by atoms with E-state index < -0.39 is 5.97 Å². The Labute approximate surface area is 131 Å². The zero-order valence-corrected chi connectivity index (χ0v) is 12.7. The topological polar surface area (TPSA) is 73.1 Å². The molecule has 0 unspecified atom stereocenters. The number of nitrogens with one attached hydrogen (secondary N) is 1. The summed E-state index contributed by atoms with van der Waals surface area (Å²) in [6, 6.07) is 14.5. The molecule has 0 saturated heterocycles. The molecule has 2 rings (SSSR count). The molecular weight excluding hydrogens is 332 g/mol. The summed E-state index contributed by atoms with van der Waals surface area (Å²) in [5, 5.41) is 21.0. The summed E-state index contributed by atoms with van der Waals surface area (Å²) >= 11 is 3.38. The first-order valence-electron chi connectivity index (χ1n) is 6.31. The van der Waals surface area contributed by atoms with Gasteiger partial charge in [0.05, 0.1) is 17.2 Å². The SMILES string of the molecule is N#Cc1cccc(CNCc2ccc(C(=O)O)cc2Br)c1. The first-order chi connectivity index (χ1) is 10.1. The van der Waals surface area contributed by atoms with Gasteiger partial charge in [0.1, 0.15) is 0 Å². The minimum Gasteiger partial charge on any atom is -0.478 e. The van der Waals surface area contributed by atoms with E-state index in [2.05, 4.69) is 27.3 Å². The molecule has 0 aliphatic heterocycles. The molecule has 0 fully saturated rings. The Kier molecular flexibility index (Phi) is 5.09. The van der Waals surface area contributed by atoms with Gasteiger partial charge >= 0.3 is 5.97 Å². The normalized spacial score (nSPS) is 10.1. The molecule has 2 aromatic carbocycles. The van der Waals surface area contributed by atoms with Crippen LogP contribution in [0.4, 0.5) is 0 Å². The van der Waals surface area contributed by atoms with Crippen molar-refractivity contribution in [2.75, 3.05) is 0 Å². The summed E-state index contributed by atoms with van der Waals surface area (Å²) in [4.78, 5) is 10.9. The van der Waals surface area contributed by atoms with Crippen molar-refractivity contribution in [1.29, 1.82) is 5.26 Å². The number of hydrogen-bond acceptors (Lipinski definition) is 3. The van der Waals surface area contributed by atoms with Crippen molar-refractivity contribution in [1.82, 2.24) is 5.32 Å². The fourth-order valence-electron chi connectivity index (χ4n) is 1.92. The highest BCUT2D eigenvalue weighted by Gasteiger charge is 2.06. The van der Waals surface area contributed by atoms with E-state index in [1.165, 1.54) is 0 Å². The fourth-order valence-corrected chi connectivity index (χ4v) is 2.44. The monoisotopic (exact) mass is 344 g/mol. The number of aromatic carboxylic acids is 1. The number of hydrogen-bond donors (Lipinski definition) is 2. The van der Waals surface area contributed by atoms with E-state index in [-0.39, 0.29) is 5.56 Å². The van der Waals surface area contributed by atoms with Crippen LogP contribution in [-0.2, 0) is 13.1 Å². The average molecular weight is 345 g/mol. The Morgan fingerprint density at radius 2 is 2.05 bits per heavy atom. The molecule has 4 nitrogen and oxygen atoms in total. The number of carbonyl (C=O) groups is 1. The molecule has 0 spiro atoms. The summed E-state index contributed by atoms with van der Waals surface area (Å²) < 4.78 is 0.765. The lowest BCUT2D eigenvalue weighted by atomic mass is 10.1. The molecule has 0 saturated carbocycles. The summed E-state index contributed by atoms with van der Waals surface area (Å²) in [5.41, 5.74) is 2.91. The second-order valence-electron chi connectivity index (χ2n) is 4.53. The zero-order chi connectivity index (χ0) is 15.2. The maximum atomic E-state index is 10.9. The molecule has 0 amide bonds. The van der Waals surface area contributed by atoms with Gasteiger partial charge in [0.2, 0.25) is 0 Å². The molecule has 0 atom stereocenters. The molecule has 2 aromatic rings. The van der Waals surface area contributed by atoms with Crippen molar-refractivity contribution in [3.05, 3.63) is 69.2 Å². The molecule has 0 bridgehead atoms. The third-order valence-corrected chi connectivity index (χ3v) is 3.74. The van der Waals surface area contributed by atoms with Gasteiger partial charge in [-0.15, -0.1) is 0 Å². The molecule has 0 radical (unpaired) electrons. The third-order valence-electron chi connectivity index (χ3n) is 3.00. The van der Waals surface area contributed by atoms with Crippen molar-refractivity contribution in [2.45, 2.75) is 13.1 Å². The van der Waals surface area contributed by atoms with Crippen molar-refractivity contribution in [2.24, 2.45) is 0 Å². The van der Waals surface area contributed by atoms with E-state index in [0.717, 1.165) is 15.6 Å². The van der Waals surface area contributed by atoms with Crippen LogP contribution in [0.25, 0.3) is 0 Å². The van der Waals surface area contributed by atoms with Gasteiger partial charge in [-0.05, 0) is 35.4 Å². The first-order valence-corrected chi connectivity index (χ1v) is 7.11. The second kappa shape index (κ2) is 7.02. The lowest BCUT2D eigenvalue weighted by Gasteiger charge is -2.08. The van der Waals surface area contributed by atoms with Crippen LogP contribution in [0.2, 0.25) is 0 Å². The zero-order valence-electron chi connectivity index (χ0n) is 11.1. The molecule has 0 heterocycles. The summed E-state index contributed by atoms with van der Waals surface area (Å²) in [7, 11) is 0. The van der Waals surface area contributed by atoms with Crippen LogP contribution in [0.3, 0.4) is 0 Å². The molecule has 106 valence electrons. The minimum absolute atomic E-state index is 0.257. The number of rotatable bonds is 5. The van der Waals surface area contributed by atoms with Gasteiger partial charge in [0.25, 0.3) is 0 Å². The van der Waals surface area contributed by atoms with Crippen molar-refractivity contribution < 1.29 is 9.90 Å². The van der Waals surface area contributed by atoms with E-state index >= 15 is 0 Å². The van der Waals surface area contributed by atoms with Crippen LogP contribution in [0, 0.1) is 11.3 Å². The highest BCUT2D eigenvalue weighted by atomic mass is 79.9. The third kappa shape index (κ3) is 4.15. The van der Waals surface area contributed by atoms with E-state index in [0.29, 0.717) is 18.7 Å². The summed E-state index contributed by atoms with van der Waals surface area (Å²) in [5.74, 6) is -0.941. The van der Waals surface area contributed by atoms with Crippen LogP contribution in [-0.4, -0.2) is 11.1 Å². The van der Waals surface area contributed by atoms with Crippen LogP contribution in [0.5, 0.6) is 0 Å². The van der Waals surface area contributed by atoms with Crippen molar-refractivity contribution in [3.63, 3.8) is 0 Å². The second-order valence-corrected chi connectivity index (χ2v) is 5.38. The molecule has 5 heteroatoms. The quantitative estimate of drug-likeness (QED) is 0.872. The van der Waals surface area contributed by atoms with Crippen molar-refractivity contribution >= 4 is 21.9 Å². The number of carboxylic acids is 1. The molecule has 2 N–H and O–H groups in total. The average Bonchev–Trinajstić information content (AvgIpc) is 2.49. The number of halogens is 1. The first kappa shape index (κ1) is 15.2. The molecule has 0 aliphatic carbocycles. The van der Waals surface area contributed by atoms with Gasteiger partial charge in [-0.1, -0.05) is 34.1 Å². The Morgan fingerprint density at radius 3 is 2.71 bits per heavy atom. The van der Waals surface area contributed by atoms with Gasteiger partial charge in [-0.25, -0.2) is 4.79 Å². The predicted octanol–water partition coefficient (Wildman–Crippen LogP) is 3.31. The maximum absolute atomic E-state index is 10.9. The Hall–Kier alpha value is -2.16. The van der Waals surface area contributed by atoms with Crippen LogP contribution < -0.4 is 5.32 Å². The van der Waals surface area contributed by atoms with E-state index in [1.54, 1.807) is 24.3 Å². The Bertz CT molecular complexity index is 708. The fraction of sp³-hybridized carbons (Fsp3) is 0.125. The molecule has 21 heavy (non-hydrogen) atoms. The summed E-state index contributed by atoms with van der Waals surface area (Å²) in [6.45, 7) is 1.25. The summed E-state index contributed by atoms with van der Waals surface area (Å²) in [6.07, 6.45) is 0. The number of nitriles is 1. The van der Waals surface area contributed by atoms with Gasteiger partial charge in [0, 0.05) is 17.6 Å². The molecule has 0 aromatic heterocycles. The minimum atomic E-state index is -0.941. The van der Waals surface area contributed by atoms with Gasteiger partial charge < -0.3 is 10.4 Å². The number of nitrogens with zero attached hydrogens (tertiary/aromatic N) is 1. The predicted molar refractivity (Wildman–Crippen MR) is 82.8 cm³/mol. The lowest BCUT2D eigenvalue weighted by Crippen LogP contribution is -2.13. The highest BCUT2D eigenvalue weighted by Crippen LogP contribution is 2.19. The van der Waals surface area contributed by atoms with E-state index in [9.17, 15) is 4.79 Å². The number of benzene rings is 2. The van der Waals surface area contributed by atoms with Gasteiger partial charge in [-0.3, -0.25) is 0 Å². The molecular formula is C16H13BrN2O2. The van der Waals surface area contributed by atoms with Gasteiger partial charge in [-0.2, -0.15) is 5.26 Å². The number of carboxylic acid groups (broad SMARTS) is 1.